The van der Waals surface area contributed by atoms with Crippen molar-refractivity contribution < 1.29 is 22.8 Å². The monoisotopic (exact) mass is 364 g/mol. The Morgan fingerprint density at radius 1 is 1.12 bits per heavy atom. The highest BCUT2D eigenvalue weighted by atomic mass is 32.2. The van der Waals surface area contributed by atoms with Crippen molar-refractivity contribution in [3.63, 3.8) is 0 Å². The van der Waals surface area contributed by atoms with Crippen LogP contribution in [0, 0.1) is 10.1 Å². The molecule has 0 saturated heterocycles. The van der Waals surface area contributed by atoms with E-state index < -0.39 is 21.0 Å². The molecule has 0 unspecified atom stereocenters. The van der Waals surface area contributed by atoms with Crippen molar-refractivity contribution in [3.8, 4) is 11.5 Å². The van der Waals surface area contributed by atoms with Gasteiger partial charge >= 0.3 is 0 Å². The Morgan fingerprint density at radius 2 is 1.84 bits per heavy atom. The fourth-order valence-electron chi connectivity index (χ4n) is 2.46. The van der Waals surface area contributed by atoms with Gasteiger partial charge in [0, 0.05) is 18.2 Å². The Balaban J connectivity index is 1.83. The number of sulfonamides is 1. The van der Waals surface area contributed by atoms with Crippen molar-refractivity contribution in [1.29, 1.82) is 0 Å². The first-order valence-electron chi connectivity index (χ1n) is 7.53. The molecule has 0 aromatic heterocycles. The van der Waals surface area contributed by atoms with Gasteiger partial charge in [-0.3, -0.25) is 10.1 Å². The fourth-order valence-corrected chi connectivity index (χ4v) is 3.73. The molecule has 2 aromatic rings. The summed E-state index contributed by atoms with van der Waals surface area (Å²) in [5, 5.41) is 10.8. The van der Waals surface area contributed by atoms with Crippen LogP contribution in [0.15, 0.2) is 47.4 Å². The van der Waals surface area contributed by atoms with Gasteiger partial charge in [0.2, 0.25) is 10.0 Å². The van der Waals surface area contributed by atoms with Gasteiger partial charge in [-0.15, -0.1) is 0 Å². The second-order valence-electron chi connectivity index (χ2n) is 5.50. The van der Waals surface area contributed by atoms with E-state index in [0.717, 1.165) is 6.07 Å². The molecule has 2 aromatic carbocycles. The molecule has 25 heavy (non-hydrogen) atoms. The van der Waals surface area contributed by atoms with E-state index in [9.17, 15) is 18.5 Å². The van der Waals surface area contributed by atoms with E-state index in [1.165, 1.54) is 18.2 Å². The van der Waals surface area contributed by atoms with Gasteiger partial charge in [0.05, 0.1) is 9.82 Å². The number of nitro benzene ring substituents is 1. The highest BCUT2D eigenvalue weighted by Gasteiger charge is 2.22. The van der Waals surface area contributed by atoms with Crippen LogP contribution >= 0.6 is 0 Å². The van der Waals surface area contributed by atoms with Gasteiger partial charge in [0.25, 0.3) is 5.69 Å². The highest BCUT2D eigenvalue weighted by molar-refractivity contribution is 7.89. The summed E-state index contributed by atoms with van der Waals surface area (Å²) in [4.78, 5) is 10.0. The molecule has 0 radical (unpaired) electrons. The van der Waals surface area contributed by atoms with Crippen LogP contribution in [0.4, 0.5) is 5.69 Å². The minimum atomic E-state index is -3.91. The van der Waals surface area contributed by atoms with E-state index in [2.05, 4.69) is 4.72 Å². The van der Waals surface area contributed by atoms with E-state index in [4.69, 9.17) is 9.47 Å². The van der Waals surface area contributed by atoms with Crippen molar-refractivity contribution >= 4 is 15.7 Å². The van der Waals surface area contributed by atoms with Crippen LogP contribution in [0.1, 0.15) is 18.5 Å². The van der Waals surface area contributed by atoms with Crippen molar-refractivity contribution in [2.45, 2.75) is 17.9 Å². The quantitative estimate of drug-likeness (QED) is 0.645. The average molecular weight is 364 g/mol. The molecule has 9 heteroatoms. The first-order chi connectivity index (χ1) is 11.9. The highest BCUT2D eigenvalue weighted by Crippen LogP contribution is 2.33. The zero-order chi connectivity index (χ0) is 18.0. The number of benzene rings is 2. The number of hydrogen-bond donors (Lipinski definition) is 1. The Kier molecular flexibility index (Phi) is 4.60. The van der Waals surface area contributed by atoms with Gasteiger partial charge in [-0.05, 0) is 30.7 Å². The number of nitrogens with zero attached hydrogens (tertiary/aromatic N) is 1. The molecule has 1 aliphatic rings. The molecule has 1 aliphatic heterocycles. The number of nitrogens with one attached hydrogen (secondary N) is 1. The van der Waals surface area contributed by atoms with Gasteiger partial charge in [-0.25, -0.2) is 13.1 Å². The van der Waals surface area contributed by atoms with Gasteiger partial charge < -0.3 is 9.47 Å². The molecule has 1 heterocycles. The molecule has 3 rings (SSSR count). The van der Waals surface area contributed by atoms with Gasteiger partial charge in [0.15, 0.2) is 11.5 Å². The van der Waals surface area contributed by atoms with Crippen LogP contribution in [-0.2, 0) is 10.0 Å². The molecule has 0 aliphatic carbocycles. The normalized spacial score (nSPS) is 14.8. The molecule has 0 fully saturated rings. The molecule has 0 spiro atoms. The molecule has 0 bridgehead atoms. The first-order valence-corrected chi connectivity index (χ1v) is 9.01. The molecule has 1 N–H and O–H groups in total. The third-order valence-corrected chi connectivity index (χ3v) is 5.28. The summed E-state index contributed by atoms with van der Waals surface area (Å²) in [5.74, 6) is 1.17. The number of hydrogen-bond acceptors (Lipinski definition) is 6. The van der Waals surface area contributed by atoms with Crippen LogP contribution < -0.4 is 14.2 Å². The van der Waals surface area contributed by atoms with E-state index in [1.54, 1.807) is 25.1 Å². The standard InChI is InChI=1S/C16H16N2O6S/c1-11(12-5-6-15-16(9-12)24-8-7-23-15)17-25(21,22)14-4-2-3-13(10-14)18(19)20/h2-6,9-11,17H,7-8H2,1H3/t11-/m0/s1. The Labute approximate surface area is 144 Å². The maximum Gasteiger partial charge on any atom is 0.270 e. The predicted molar refractivity (Wildman–Crippen MR) is 89.3 cm³/mol. The van der Waals surface area contributed by atoms with Crippen molar-refractivity contribution in [2.75, 3.05) is 13.2 Å². The molecule has 132 valence electrons. The Morgan fingerprint density at radius 3 is 2.56 bits per heavy atom. The summed E-state index contributed by atoms with van der Waals surface area (Å²) in [6.45, 7) is 2.59. The molecular formula is C16H16N2O6S. The number of non-ortho nitro benzene ring substituents is 1. The van der Waals surface area contributed by atoms with Crippen molar-refractivity contribution in [3.05, 3.63) is 58.1 Å². The summed E-state index contributed by atoms with van der Waals surface area (Å²) in [6, 6.07) is 9.54. The minimum Gasteiger partial charge on any atom is -0.486 e. The second-order valence-corrected chi connectivity index (χ2v) is 7.21. The van der Waals surface area contributed by atoms with E-state index in [-0.39, 0.29) is 10.6 Å². The van der Waals surface area contributed by atoms with Crippen LogP contribution in [0.2, 0.25) is 0 Å². The zero-order valence-electron chi connectivity index (χ0n) is 13.3. The van der Waals surface area contributed by atoms with E-state index in [1.807, 2.05) is 0 Å². The lowest BCUT2D eigenvalue weighted by Gasteiger charge is -2.21. The van der Waals surface area contributed by atoms with Gasteiger partial charge in [-0.1, -0.05) is 12.1 Å². The van der Waals surface area contributed by atoms with E-state index in [0.29, 0.717) is 30.3 Å². The van der Waals surface area contributed by atoms with E-state index >= 15 is 0 Å². The van der Waals surface area contributed by atoms with Gasteiger partial charge in [0.1, 0.15) is 13.2 Å². The Hall–Kier alpha value is -2.65. The molecular weight excluding hydrogens is 348 g/mol. The molecule has 0 saturated carbocycles. The van der Waals surface area contributed by atoms with Gasteiger partial charge in [-0.2, -0.15) is 0 Å². The molecule has 1 atom stereocenters. The lowest BCUT2D eigenvalue weighted by Crippen LogP contribution is -2.27. The topological polar surface area (TPSA) is 108 Å². The third-order valence-electron chi connectivity index (χ3n) is 3.74. The summed E-state index contributed by atoms with van der Waals surface area (Å²) in [5.41, 5.74) is 0.410. The fraction of sp³-hybridized carbons (Fsp3) is 0.250. The zero-order valence-corrected chi connectivity index (χ0v) is 14.2. The lowest BCUT2D eigenvalue weighted by molar-refractivity contribution is -0.385. The number of rotatable bonds is 5. The molecule has 0 amide bonds. The van der Waals surface area contributed by atoms with Crippen LogP contribution in [0.3, 0.4) is 0 Å². The first kappa shape index (κ1) is 17.2. The van der Waals surface area contributed by atoms with Crippen LogP contribution in [0.25, 0.3) is 0 Å². The summed E-state index contributed by atoms with van der Waals surface area (Å²) >= 11 is 0. The van der Waals surface area contributed by atoms with Crippen LogP contribution in [0.5, 0.6) is 11.5 Å². The lowest BCUT2D eigenvalue weighted by atomic mass is 10.1. The average Bonchev–Trinajstić information content (AvgIpc) is 2.61. The number of ether oxygens (including phenoxy) is 2. The van der Waals surface area contributed by atoms with Crippen molar-refractivity contribution in [2.24, 2.45) is 0 Å². The third kappa shape index (κ3) is 3.72. The summed E-state index contributed by atoms with van der Waals surface area (Å²) < 4.78 is 38.4. The summed E-state index contributed by atoms with van der Waals surface area (Å²) in [7, 11) is -3.91. The Bertz CT molecular complexity index is 913. The largest absolute Gasteiger partial charge is 0.486 e. The maximum absolute atomic E-state index is 12.5. The number of fused-ring (bicyclic) bond motifs is 1. The molecule has 8 nitrogen and oxygen atoms in total. The van der Waals surface area contributed by atoms with Crippen molar-refractivity contribution in [1.82, 2.24) is 4.72 Å². The second kappa shape index (κ2) is 6.69. The van der Waals surface area contributed by atoms with Crippen LogP contribution in [-0.4, -0.2) is 26.6 Å². The summed E-state index contributed by atoms with van der Waals surface area (Å²) in [6.07, 6.45) is 0. The SMILES string of the molecule is C[C@H](NS(=O)(=O)c1cccc([N+](=O)[O-])c1)c1ccc2c(c1)OCCO2. The number of nitro groups is 1. The smallest absolute Gasteiger partial charge is 0.270 e. The maximum atomic E-state index is 12.5. The predicted octanol–water partition coefficient (Wildman–Crippen LogP) is 2.41. The minimum absolute atomic E-state index is 0.161.